The Morgan fingerprint density at radius 2 is 1.82 bits per heavy atom. The molecule has 39 heavy (non-hydrogen) atoms. The molecule has 0 amide bonds. The zero-order chi connectivity index (χ0) is 28.8. The molecule has 8 nitrogen and oxygen atoms in total. The van der Waals surface area contributed by atoms with Gasteiger partial charge in [0.25, 0.3) is 10.0 Å². The van der Waals surface area contributed by atoms with Crippen LogP contribution in [0, 0.1) is 18.6 Å². The predicted molar refractivity (Wildman–Crippen MR) is 133 cm³/mol. The summed E-state index contributed by atoms with van der Waals surface area (Å²) >= 11 is 1.01. The monoisotopic (exact) mass is 593 g/mol. The van der Waals surface area contributed by atoms with Gasteiger partial charge in [-0.2, -0.15) is 13.2 Å². The number of piperidine rings is 1. The number of carboxylic acids is 1. The number of aromatic nitrogens is 1. The molecule has 2 aromatic carbocycles. The smallest absolute Gasteiger partial charge is 0.490 e. The number of sulfonamides is 1. The second-order valence-corrected chi connectivity index (χ2v) is 11.0. The second-order valence-electron chi connectivity index (χ2n) is 8.45. The first-order valence-corrected chi connectivity index (χ1v) is 13.8. The standard InChI is InChI=1S/C22H23F2N3O3S2.C2HF3O2/c1-15-19(30-17-7-10-27(11-8-17)14-16-5-3-2-4-6-16)13-18(23)21(20(15)24)32(28,29)26-22-25-9-12-31-22;3-2(4,5)1(6)7/h2-6,9,12-13,17H,7-8,10-11,14H2,1H3,(H,25,26);(H,6,7). The molecule has 0 unspecified atom stereocenters. The fourth-order valence-corrected chi connectivity index (χ4v) is 5.67. The number of anilines is 1. The van der Waals surface area contributed by atoms with Crippen molar-refractivity contribution in [1.82, 2.24) is 9.88 Å². The van der Waals surface area contributed by atoms with Gasteiger partial charge in [0.15, 0.2) is 15.8 Å². The molecular weight excluding hydrogens is 569 g/mol. The topological polar surface area (TPSA) is 109 Å². The lowest BCUT2D eigenvalue weighted by atomic mass is 10.1. The van der Waals surface area contributed by atoms with E-state index in [2.05, 4.69) is 26.7 Å². The van der Waals surface area contributed by atoms with Crippen LogP contribution in [-0.2, 0) is 21.4 Å². The number of hydrogen-bond donors (Lipinski definition) is 2. The number of rotatable bonds is 7. The summed E-state index contributed by atoms with van der Waals surface area (Å²) in [6.45, 7) is 3.83. The minimum atomic E-state index is -5.08. The maximum absolute atomic E-state index is 14.9. The van der Waals surface area contributed by atoms with Gasteiger partial charge in [0.2, 0.25) is 0 Å². The van der Waals surface area contributed by atoms with Crippen LogP contribution in [0.1, 0.15) is 24.0 Å². The van der Waals surface area contributed by atoms with E-state index in [0.29, 0.717) is 12.8 Å². The molecule has 1 aliphatic heterocycles. The molecule has 1 fully saturated rings. The number of hydrogen-bond acceptors (Lipinski definition) is 7. The molecule has 1 aliphatic rings. The van der Waals surface area contributed by atoms with E-state index in [0.717, 1.165) is 37.0 Å². The maximum Gasteiger partial charge on any atom is 0.490 e. The number of thiazole rings is 1. The van der Waals surface area contributed by atoms with Crippen molar-refractivity contribution in [3.8, 4) is 5.75 Å². The highest BCUT2D eigenvalue weighted by atomic mass is 32.2. The van der Waals surface area contributed by atoms with Crippen molar-refractivity contribution in [2.24, 2.45) is 0 Å². The number of carboxylic acid groups (broad SMARTS) is 1. The van der Waals surface area contributed by atoms with Crippen molar-refractivity contribution in [3.63, 3.8) is 0 Å². The highest BCUT2D eigenvalue weighted by molar-refractivity contribution is 7.93. The molecule has 0 radical (unpaired) electrons. The molecule has 0 bridgehead atoms. The highest BCUT2D eigenvalue weighted by Crippen LogP contribution is 2.32. The quantitative estimate of drug-likeness (QED) is 0.362. The van der Waals surface area contributed by atoms with E-state index in [1.807, 2.05) is 18.2 Å². The predicted octanol–water partition coefficient (Wildman–Crippen LogP) is 5.21. The Kier molecular flexibility index (Phi) is 9.85. The molecule has 0 spiro atoms. The highest BCUT2D eigenvalue weighted by Gasteiger charge is 2.38. The molecular formula is C24H24F5N3O5S2. The zero-order valence-electron chi connectivity index (χ0n) is 20.4. The number of aliphatic carboxylic acids is 1. The van der Waals surface area contributed by atoms with E-state index in [1.54, 1.807) is 5.38 Å². The lowest BCUT2D eigenvalue weighted by Gasteiger charge is -2.32. The lowest BCUT2D eigenvalue weighted by Crippen LogP contribution is -2.38. The Morgan fingerprint density at radius 3 is 2.36 bits per heavy atom. The number of benzene rings is 2. The van der Waals surface area contributed by atoms with Gasteiger partial charge in [0.05, 0.1) is 0 Å². The van der Waals surface area contributed by atoms with Gasteiger partial charge in [0, 0.05) is 42.8 Å². The summed E-state index contributed by atoms with van der Waals surface area (Å²) in [6.07, 6.45) is -2.47. The molecule has 2 heterocycles. The van der Waals surface area contributed by atoms with E-state index in [-0.39, 0.29) is 22.5 Å². The Hall–Kier alpha value is -3.30. The Labute approximate surface area is 225 Å². The molecule has 15 heteroatoms. The molecule has 3 aromatic rings. The van der Waals surface area contributed by atoms with Gasteiger partial charge in [-0.25, -0.2) is 27.0 Å². The number of halogens is 5. The van der Waals surface area contributed by atoms with Crippen LogP contribution in [0.3, 0.4) is 0 Å². The van der Waals surface area contributed by atoms with E-state index in [9.17, 15) is 30.4 Å². The van der Waals surface area contributed by atoms with Gasteiger partial charge in [0.1, 0.15) is 17.7 Å². The number of likely N-dealkylation sites (tertiary alicyclic amines) is 1. The minimum absolute atomic E-state index is 0.0229. The van der Waals surface area contributed by atoms with Crippen molar-refractivity contribution >= 4 is 32.5 Å². The molecule has 0 aliphatic carbocycles. The third kappa shape index (κ3) is 8.34. The van der Waals surface area contributed by atoms with Gasteiger partial charge in [-0.05, 0) is 25.3 Å². The van der Waals surface area contributed by atoms with Crippen molar-refractivity contribution < 1.29 is 45.0 Å². The summed E-state index contributed by atoms with van der Waals surface area (Å²) < 4.78 is 94.4. The molecule has 0 atom stereocenters. The molecule has 2 N–H and O–H groups in total. The molecule has 1 saturated heterocycles. The second kappa shape index (κ2) is 12.7. The summed E-state index contributed by atoms with van der Waals surface area (Å²) in [7, 11) is -4.47. The summed E-state index contributed by atoms with van der Waals surface area (Å²) in [5.74, 6) is -5.10. The van der Waals surface area contributed by atoms with Gasteiger partial charge in [-0.15, -0.1) is 11.3 Å². The lowest BCUT2D eigenvalue weighted by molar-refractivity contribution is -0.192. The number of alkyl halides is 3. The first kappa shape index (κ1) is 30.2. The van der Waals surface area contributed by atoms with E-state index >= 15 is 0 Å². The molecule has 212 valence electrons. The average molecular weight is 594 g/mol. The summed E-state index contributed by atoms with van der Waals surface area (Å²) in [4.78, 5) is 14.0. The minimum Gasteiger partial charge on any atom is -0.490 e. The van der Waals surface area contributed by atoms with Crippen LogP contribution in [0.2, 0.25) is 0 Å². The third-order valence-corrected chi connectivity index (χ3v) is 7.81. The molecule has 1 aromatic heterocycles. The molecule has 4 rings (SSSR count). The Bertz CT molecular complexity index is 1360. The number of carbonyl (C=O) groups is 1. The van der Waals surface area contributed by atoms with Crippen molar-refractivity contribution in [2.45, 2.75) is 43.5 Å². The SMILES string of the molecule is Cc1c(OC2CCN(Cc3ccccc3)CC2)cc(F)c(S(=O)(=O)Nc2nccs2)c1F.O=C(O)C(F)(F)F. The Morgan fingerprint density at radius 1 is 1.21 bits per heavy atom. The van der Waals surface area contributed by atoms with Gasteiger partial charge >= 0.3 is 12.1 Å². The fourth-order valence-electron chi connectivity index (χ4n) is 3.69. The Balaban J connectivity index is 0.000000532. The summed E-state index contributed by atoms with van der Waals surface area (Å²) in [5.41, 5.74) is 1.19. The normalized spacial score (nSPS) is 14.8. The number of ether oxygens (including phenoxy) is 1. The van der Waals surface area contributed by atoms with Crippen LogP contribution in [0.5, 0.6) is 5.75 Å². The summed E-state index contributed by atoms with van der Waals surface area (Å²) in [5, 5.41) is 8.71. The van der Waals surface area contributed by atoms with E-state index < -0.39 is 38.7 Å². The van der Waals surface area contributed by atoms with Crippen LogP contribution in [0.25, 0.3) is 0 Å². The van der Waals surface area contributed by atoms with Crippen molar-refractivity contribution in [1.29, 1.82) is 0 Å². The summed E-state index contributed by atoms with van der Waals surface area (Å²) in [6, 6.07) is 11.1. The fraction of sp³-hybridized carbons (Fsp3) is 0.333. The molecule has 0 saturated carbocycles. The third-order valence-electron chi connectivity index (χ3n) is 5.62. The number of nitrogens with one attached hydrogen (secondary N) is 1. The van der Waals surface area contributed by atoms with Gasteiger partial charge in [-0.1, -0.05) is 30.3 Å². The van der Waals surface area contributed by atoms with E-state index in [4.69, 9.17) is 14.6 Å². The van der Waals surface area contributed by atoms with Gasteiger partial charge in [-0.3, -0.25) is 9.62 Å². The van der Waals surface area contributed by atoms with Crippen LogP contribution < -0.4 is 9.46 Å². The van der Waals surface area contributed by atoms with E-state index in [1.165, 1.54) is 18.7 Å². The zero-order valence-corrected chi connectivity index (χ0v) is 22.0. The van der Waals surface area contributed by atoms with Crippen LogP contribution in [-0.4, -0.2) is 54.7 Å². The van der Waals surface area contributed by atoms with Crippen LogP contribution in [0.15, 0.2) is 52.9 Å². The van der Waals surface area contributed by atoms with Crippen LogP contribution in [0.4, 0.5) is 27.1 Å². The van der Waals surface area contributed by atoms with Crippen LogP contribution >= 0.6 is 11.3 Å². The first-order chi connectivity index (χ1) is 18.3. The van der Waals surface area contributed by atoms with Gasteiger partial charge < -0.3 is 9.84 Å². The number of nitrogens with zero attached hydrogens (tertiary/aromatic N) is 2. The van der Waals surface area contributed by atoms with Crippen molar-refractivity contribution in [3.05, 3.63) is 70.7 Å². The largest absolute Gasteiger partial charge is 0.490 e. The maximum atomic E-state index is 14.9. The first-order valence-electron chi connectivity index (χ1n) is 11.4. The van der Waals surface area contributed by atoms with Crippen molar-refractivity contribution in [2.75, 3.05) is 17.8 Å². The average Bonchev–Trinajstić information content (AvgIpc) is 3.36.